The van der Waals surface area contributed by atoms with Crippen molar-refractivity contribution in [1.82, 2.24) is 14.9 Å². The maximum Gasteiger partial charge on any atom is 0.248 e. The number of ether oxygens (including phenoxy) is 1. The molecule has 0 N–H and O–H groups in total. The Labute approximate surface area is 107 Å². The molecule has 5 nitrogen and oxygen atoms in total. The molecule has 0 fully saturated rings. The summed E-state index contributed by atoms with van der Waals surface area (Å²) < 4.78 is 4.90. The van der Waals surface area contributed by atoms with Crippen LogP contribution in [0, 0.1) is 0 Å². The Morgan fingerprint density at radius 2 is 2.17 bits per heavy atom. The fourth-order valence-corrected chi connectivity index (χ4v) is 2.36. The van der Waals surface area contributed by atoms with Gasteiger partial charge in [0.15, 0.2) is 0 Å². The number of fused-ring (bicyclic) bond motifs is 1. The van der Waals surface area contributed by atoms with Gasteiger partial charge in [-0.25, -0.2) is 9.97 Å². The number of methoxy groups -OCH3 is 1. The van der Waals surface area contributed by atoms with E-state index in [4.69, 9.17) is 4.74 Å². The number of aryl methyl sites for hydroxylation is 1. The van der Waals surface area contributed by atoms with Crippen LogP contribution >= 0.6 is 0 Å². The molecule has 0 saturated heterocycles. The Bertz CT molecular complexity index is 434. The molecule has 98 valence electrons. The zero-order chi connectivity index (χ0) is 13.0. The van der Waals surface area contributed by atoms with Crippen LogP contribution in [-0.4, -0.2) is 47.6 Å². The highest BCUT2D eigenvalue weighted by molar-refractivity contribution is 5.77. The van der Waals surface area contributed by atoms with Gasteiger partial charge < -0.3 is 9.64 Å². The van der Waals surface area contributed by atoms with Crippen LogP contribution in [0.2, 0.25) is 0 Å². The smallest absolute Gasteiger partial charge is 0.248 e. The van der Waals surface area contributed by atoms with Gasteiger partial charge in [-0.2, -0.15) is 0 Å². The van der Waals surface area contributed by atoms with Crippen LogP contribution in [0.5, 0.6) is 0 Å². The largest absolute Gasteiger partial charge is 0.375 e. The van der Waals surface area contributed by atoms with Crippen molar-refractivity contribution in [3.05, 3.63) is 23.3 Å². The second-order valence-electron chi connectivity index (χ2n) is 4.41. The Morgan fingerprint density at radius 1 is 1.39 bits per heavy atom. The number of nitrogens with zero attached hydrogens (tertiary/aromatic N) is 3. The third-order valence-electron chi connectivity index (χ3n) is 3.33. The summed E-state index contributed by atoms with van der Waals surface area (Å²) in [7, 11) is 1.55. The average molecular weight is 249 g/mol. The maximum atomic E-state index is 11.8. The van der Waals surface area contributed by atoms with Gasteiger partial charge in [0.05, 0.1) is 0 Å². The normalized spacial score (nSPS) is 15.1. The van der Waals surface area contributed by atoms with E-state index in [0.29, 0.717) is 0 Å². The van der Waals surface area contributed by atoms with Crippen molar-refractivity contribution in [1.29, 1.82) is 0 Å². The number of hydrogen-bond donors (Lipinski definition) is 0. The molecule has 0 saturated carbocycles. The first-order valence-corrected chi connectivity index (χ1v) is 6.34. The molecule has 0 aromatic carbocycles. The van der Waals surface area contributed by atoms with E-state index < -0.39 is 0 Å². The van der Waals surface area contributed by atoms with Gasteiger partial charge in [0.25, 0.3) is 0 Å². The third kappa shape index (κ3) is 2.67. The summed E-state index contributed by atoms with van der Waals surface area (Å²) in [4.78, 5) is 22.3. The van der Waals surface area contributed by atoms with Crippen LogP contribution in [-0.2, 0) is 28.8 Å². The monoisotopic (exact) mass is 249 g/mol. The van der Waals surface area contributed by atoms with Gasteiger partial charge in [0.1, 0.15) is 12.9 Å². The van der Waals surface area contributed by atoms with Gasteiger partial charge in [-0.3, -0.25) is 4.79 Å². The van der Waals surface area contributed by atoms with Crippen LogP contribution in [0.1, 0.15) is 23.9 Å². The van der Waals surface area contributed by atoms with Crippen molar-refractivity contribution in [2.45, 2.75) is 26.2 Å². The van der Waals surface area contributed by atoms with Gasteiger partial charge >= 0.3 is 0 Å². The molecular weight excluding hydrogens is 230 g/mol. The number of aromatic nitrogens is 2. The third-order valence-corrected chi connectivity index (χ3v) is 3.33. The van der Waals surface area contributed by atoms with E-state index in [1.165, 1.54) is 5.56 Å². The molecular formula is C13H19N3O2. The molecule has 2 heterocycles. The molecule has 0 spiro atoms. The second-order valence-corrected chi connectivity index (χ2v) is 4.41. The van der Waals surface area contributed by atoms with Crippen molar-refractivity contribution in [2.75, 3.05) is 26.8 Å². The average Bonchev–Trinajstić information content (AvgIpc) is 2.61. The molecule has 1 aromatic rings. The van der Waals surface area contributed by atoms with E-state index in [-0.39, 0.29) is 12.5 Å². The Morgan fingerprint density at radius 3 is 2.89 bits per heavy atom. The zero-order valence-electron chi connectivity index (χ0n) is 11.0. The minimum absolute atomic E-state index is 0.0521. The highest BCUT2D eigenvalue weighted by atomic mass is 16.5. The van der Waals surface area contributed by atoms with E-state index in [0.717, 1.165) is 43.7 Å². The summed E-state index contributed by atoms with van der Waals surface area (Å²) in [5.41, 5.74) is 3.43. The fourth-order valence-electron chi connectivity index (χ4n) is 2.36. The molecule has 1 aliphatic rings. The van der Waals surface area contributed by atoms with Crippen molar-refractivity contribution in [2.24, 2.45) is 0 Å². The Balaban J connectivity index is 2.14. The Kier molecular flexibility index (Phi) is 4.25. The van der Waals surface area contributed by atoms with Crippen LogP contribution in [0.15, 0.2) is 6.33 Å². The summed E-state index contributed by atoms with van der Waals surface area (Å²) in [6.45, 7) is 3.70. The lowest BCUT2D eigenvalue weighted by atomic mass is 10.1. The van der Waals surface area contributed by atoms with Crippen LogP contribution in [0.25, 0.3) is 0 Å². The quantitative estimate of drug-likeness (QED) is 0.787. The summed E-state index contributed by atoms with van der Waals surface area (Å²) in [6, 6.07) is 0. The molecule has 1 aromatic heterocycles. The SMILES string of the molecule is CCc1ncnc2c1CCN(C(=O)COC)CC2. The fraction of sp³-hybridized carbons (Fsp3) is 0.615. The number of amides is 1. The molecule has 0 atom stereocenters. The summed E-state index contributed by atoms with van der Waals surface area (Å²) in [5, 5.41) is 0. The van der Waals surface area contributed by atoms with Gasteiger partial charge in [-0.05, 0) is 18.4 Å². The highest BCUT2D eigenvalue weighted by Crippen LogP contribution is 2.17. The number of carbonyl (C=O) groups is 1. The Hall–Kier alpha value is -1.49. The number of rotatable bonds is 3. The molecule has 0 unspecified atom stereocenters. The number of hydrogen-bond acceptors (Lipinski definition) is 4. The lowest BCUT2D eigenvalue weighted by Gasteiger charge is -2.19. The summed E-state index contributed by atoms with van der Waals surface area (Å²) in [5.74, 6) is 0.0521. The van der Waals surface area contributed by atoms with E-state index >= 15 is 0 Å². The molecule has 18 heavy (non-hydrogen) atoms. The zero-order valence-corrected chi connectivity index (χ0v) is 11.0. The van der Waals surface area contributed by atoms with Crippen molar-refractivity contribution < 1.29 is 9.53 Å². The molecule has 0 bridgehead atoms. The molecule has 1 amide bonds. The second kappa shape index (κ2) is 5.91. The minimum atomic E-state index is 0.0521. The van der Waals surface area contributed by atoms with Crippen molar-refractivity contribution in [3.8, 4) is 0 Å². The van der Waals surface area contributed by atoms with E-state index in [1.807, 2.05) is 4.90 Å². The number of carbonyl (C=O) groups excluding carboxylic acids is 1. The van der Waals surface area contributed by atoms with Gasteiger partial charge in [-0.15, -0.1) is 0 Å². The van der Waals surface area contributed by atoms with Crippen molar-refractivity contribution in [3.63, 3.8) is 0 Å². The van der Waals surface area contributed by atoms with E-state index in [1.54, 1.807) is 13.4 Å². The van der Waals surface area contributed by atoms with Crippen LogP contribution < -0.4 is 0 Å². The van der Waals surface area contributed by atoms with Crippen LogP contribution in [0.3, 0.4) is 0 Å². The molecule has 2 rings (SSSR count). The summed E-state index contributed by atoms with van der Waals surface area (Å²) in [6.07, 6.45) is 4.19. The lowest BCUT2D eigenvalue weighted by molar-refractivity contribution is -0.135. The van der Waals surface area contributed by atoms with Gasteiger partial charge in [-0.1, -0.05) is 6.92 Å². The standard InChI is InChI=1S/C13H19N3O2/c1-3-11-10-4-6-16(13(17)8-18-2)7-5-12(10)15-9-14-11/h9H,3-8H2,1-2H3. The molecule has 0 aliphatic carbocycles. The maximum absolute atomic E-state index is 11.8. The predicted octanol–water partition coefficient (Wildman–Crippen LogP) is 0.613. The highest BCUT2D eigenvalue weighted by Gasteiger charge is 2.20. The van der Waals surface area contributed by atoms with E-state index in [2.05, 4.69) is 16.9 Å². The first-order chi connectivity index (χ1) is 8.76. The lowest BCUT2D eigenvalue weighted by Crippen LogP contribution is -2.35. The van der Waals surface area contributed by atoms with Crippen molar-refractivity contribution >= 4 is 5.91 Å². The first-order valence-electron chi connectivity index (χ1n) is 6.34. The van der Waals surface area contributed by atoms with Gasteiger partial charge in [0.2, 0.25) is 5.91 Å². The molecule has 0 radical (unpaired) electrons. The topological polar surface area (TPSA) is 55.3 Å². The van der Waals surface area contributed by atoms with E-state index in [9.17, 15) is 4.79 Å². The minimum Gasteiger partial charge on any atom is -0.375 e. The molecule has 5 heteroatoms. The predicted molar refractivity (Wildman–Crippen MR) is 67.3 cm³/mol. The van der Waals surface area contributed by atoms with Gasteiger partial charge in [0, 0.05) is 38.0 Å². The first kappa shape index (κ1) is 13.0. The molecule has 1 aliphatic heterocycles. The van der Waals surface area contributed by atoms with Crippen LogP contribution in [0.4, 0.5) is 0 Å². The summed E-state index contributed by atoms with van der Waals surface area (Å²) >= 11 is 0.